The molecule has 21 heavy (non-hydrogen) atoms. The zero-order valence-electron chi connectivity index (χ0n) is 11.2. The summed E-state index contributed by atoms with van der Waals surface area (Å²) in [5.41, 5.74) is -0.789. The zero-order valence-corrected chi connectivity index (χ0v) is 12.0. The summed E-state index contributed by atoms with van der Waals surface area (Å²) >= 11 is 0. The van der Waals surface area contributed by atoms with Gasteiger partial charge in [-0.25, -0.2) is 14.3 Å². The Balaban J connectivity index is 2.94. The topological polar surface area (TPSA) is 142 Å². The molecule has 4 N–H and O–H groups in total. The third-order valence-electron chi connectivity index (χ3n) is 2.04. The van der Waals surface area contributed by atoms with Gasteiger partial charge in [0.2, 0.25) is 0 Å². The number of anilines is 1. The van der Waals surface area contributed by atoms with Gasteiger partial charge in [-0.3, -0.25) is 4.72 Å². The molecular weight excluding hydrogens is 304 g/mol. The summed E-state index contributed by atoms with van der Waals surface area (Å²) in [5.74, 6) is -1.80. The molecule has 9 nitrogen and oxygen atoms in total. The molecule has 116 valence electrons. The molecular formula is C11H14N2O7S. The number of amides is 1. The van der Waals surface area contributed by atoms with E-state index in [0.717, 1.165) is 18.2 Å². The number of nitrogens with one attached hydrogen (secondary N) is 2. The van der Waals surface area contributed by atoms with Crippen LogP contribution in [0, 0.1) is 0 Å². The van der Waals surface area contributed by atoms with Crippen LogP contribution in [0.15, 0.2) is 18.2 Å². The number of carbonyl (C=O) groups is 2. The Labute approximate surface area is 120 Å². The minimum absolute atomic E-state index is 0.315. The van der Waals surface area contributed by atoms with E-state index in [-0.39, 0.29) is 11.4 Å². The number of phenolic OH excluding ortho intramolecular Hbond substituents is 1. The van der Waals surface area contributed by atoms with Gasteiger partial charge >= 0.3 is 22.3 Å². The van der Waals surface area contributed by atoms with E-state index in [4.69, 9.17) is 5.11 Å². The molecule has 0 fully saturated rings. The van der Waals surface area contributed by atoms with Crippen molar-refractivity contribution in [2.24, 2.45) is 0 Å². The maximum absolute atomic E-state index is 11.7. The van der Waals surface area contributed by atoms with Gasteiger partial charge in [-0.1, -0.05) is 0 Å². The van der Waals surface area contributed by atoms with Crippen molar-refractivity contribution in [3.8, 4) is 5.75 Å². The van der Waals surface area contributed by atoms with Crippen LogP contribution in [0.3, 0.4) is 0 Å². The van der Waals surface area contributed by atoms with E-state index in [2.05, 4.69) is 4.74 Å². The fourth-order valence-electron chi connectivity index (χ4n) is 1.32. The average molecular weight is 318 g/mol. The fourth-order valence-corrected chi connectivity index (χ4v) is 2.10. The van der Waals surface area contributed by atoms with Gasteiger partial charge in [0.15, 0.2) is 0 Å². The third kappa shape index (κ3) is 5.18. The molecule has 0 atom stereocenters. The summed E-state index contributed by atoms with van der Waals surface area (Å²) in [6.07, 6.45) is -1.73. The van der Waals surface area contributed by atoms with Gasteiger partial charge in [0.1, 0.15) is 5.75 Å². The summed E-state index contributed by atoms with van der Waals surface area (Å²) in [7, 11) is -4.37. The molecule has 0 radical (unpaired) electrons. The van der Waals surface area contributed by atoms with Crippen molar-refractivity contribution in [2.45, 2.75) is 20.0 Å². The van der Waals surface area contributed by atoms with E-state index in [1.165, 1.54) is 13.8 Å². The van der Waals surface area contributed by atoms with E-state index >= 15 is 0 Å². The van der Waals surface area contributed by atoms with Crippen molar-refractivity contribution in [3.63, 3.8) is 0 Å². The summed E-state index contributed by atoms with van der Waals surface area (Å²) in [6.45, 7) is 3.06. The summed E-state index contributed by atoms with van der Waals surface area (Å²) < 4.78 is 31.4. The van der Waals surface area contributed by atoms with E-state index in [9.17, 15) is 23.1 Å². The van der Waals surface area contributed by atoms with Gasteiger partial charge < -0.3 is 14.9 Å². The van der Waals surface area contributed by atoms with Crippen molar-refractivity contribution < 1.29 is 33.0 Å². The highest BCUT2D eigenvalue weighted by atomic mass is 32.2. The van der Waals surface area contributed by atoms with Gasteiger partial charge in [-0.05, 0) is 32.0 Å². The standard InChI is InChI=1S/C11H14N2O7S/c1-6(2)20-11(17)13-21(18,19)12-9-4-3-7(14)5-8(9)10(15)16/h3-6,12,14H,1-2H3,(H,13,17)(H,15,16). The predicted molar refractivity (Wildman–Crippen MR) is 72.4 cm³/mol. The third-order valence-corrected chi connectivity index (χ3v) is 2.96. The minimum atomic E-state index is -4.37. The fraction of sp³-hybridized carbons (Fsp3) is 0.273. The highest BCUT2D eigenvalue weighted by molar-refractivity contribution is 7.91. The number of benzene rings is 1. The first-order chi connectivity index (χ1) is 9.60. The second kappa shape index (κ2) is 6.31. The minimum Gasteiger partial charge on any atom is -0.508 e. The second-order valence-electron chi connectivity index (χ2n) is 4.20. The number of phenols is 1. The Morgan fingerprint density at radius 1 is 1.29 bits per heavy atom. The molecule has 0 bridgehead atoms. The molecule has 0 aliphatic rings. The normalized spacial score (nSPS) is 11.0. The summed E-state index contributed by atoms with van der Waals surface area (Å²) in [6, 6.07) is 3.01. The number of ether oxygens (including phenoxy) is 1. The first-order valence-corrected chi connectivity index (χ1v) is 7.16. The van der Waals surface area contributed by atoms with Gasteiger partial charge in [-0.15, -0.1) is 0 Å². The van der Waals surface area contributed by atoms with Gasteiger partial charge in [0.25, 0.3) is 0 Å². The molecule has 0 spiro atoms. The van der Waals surface area contributed by atoms with E-state index in [0.29, 0.717) is 0 Å². The summed E-state index contributed by atoms with van der Waals surface area (Å²) in [4.78, 5) is 22.2. The Morgan fingerprint density at radius 3 is 2.43 bits per heavy atom. The highest BCUT2D eigenvalue weighted by Gasteiger charge is 2.20. The van der Waals surface area contributed by atoms with Crippen molar-refractivity contribution in [1.82, 2.24) is 4.72 Å². The number of hydrogen-bond donors (Lipinski definition) is 4. The number of carboxylic acids is 1. The maximum Gasteiger partial charge on any atom is 0.422 e. The van der Waals surface area contributed by atoms with Crippen molar-refractivity contribution >= 4 is 28.0 Å². The van der Waals surface area contributed by atoms with Crippen LogP contribution in [-0.4, -0.2) is 36.8 Å². The lowest BCUT2D eigenvalue weighted by atomic mass is 10.2. The largest absolute Gasteiger partial charge is 0.508 e. The quantitative estimate of drug-likeness (QED) is 0.590. The van der Waals surface area contributed by atoms with Gasteiger partial charge in [0.05, 0.1) is 17.4 Å². The van der Waals surface area contributed by atoms with Crippen LogP contribution in [-0.2, 0) is 14.9 Å². The first kappa shape index (κ1) is 16.6. The van der Waals surface area contributed by atoms with Gasteiger partial charge in [-0.2, -0.15) is 8.42 Å². The predicted octanol–water partition coefficient (Wildman–Crippen LogP) is 0.882. The lowest BCUT2D eigenvalue weighted by molar-refractivity contribution is 0.0697. The highest BCUT2D eigenvalue weighted by Crippen LogP contribution is 2.22. The SMILES string of the molecule is CC(C)OC(=O)NS(=O)(=O)Nc1ccc(O)cc1C(=O)O. The van der Waals surface area contributed by atoms with E-state index < -0.39 is 33.9 Å². The molecule has 0 aliphatic heterocycles. The monoisotopic (exact) mass is 318 g/mol. The van der Waals surface area contributed by atoms with E-state index in [1.807, 2.05) is 4.72 Å². The van der Waals surface area contributed by atoms with Gasteiger partial charge in [0, 0.05) is 0 Å². The Kier molecular flexibility index (Phi) is 4.97. The molecule has 10 heteroatoms. The van der Waals surface area contributed by atoms with Crippen LogP contribution >= 0.6 is 0 Å². The van der Waals surface area contributed by atoms with Crippen LogP contribution in [0.5, 0.6) is 5.75 Å². The number of carbonyl (C=O) groups excluding carboxylic acids is 1. The maximum atomic E-state index is 11.7. The van der Waals surface area contributed by atoms with Crippen molar-refractivity contribution in [1.29, 1.82) is 0 Å². The van der Waals surface area contributed by atoms with Crippen molar-refractivity contribution in [3.05, 3.63) is 23.8 Å². The van der Waals surface area contributed by atoms with Crippen LogP contribution in [0.1, 0.15) is 24.2 Å². The smallest absolute Gasteiger partial charge is 0.422 e. The number of aromatic hydroxyl groups is 1. The molecule has 0 aliphatic carbocycles. The van der Waals surface area contributed by atoms with Crippen LogP contribution < -0.4 is 9.44 Å². The Bertz CT molecular complexity index is 655. The molecule has 0 heterocycles. The molecule has 1 amide bonds. The molecule has 0 unspecified atom stereocenters. The Morgan fingerprint density at radius 2 is 1.90 bits per heavy atom. The lowest BCUT2D eigenvalue weighted by Crippen LogP contribution is -2.37. The number of carboxylic acid groups (broad SMARTS) is 1. The van der Waals surface area contributed by atoms with E-state index in [1.54, 1.807) is 4.72 Å². The molecule has 0 saturated heterocycles. The van der Waals surface area contributed by atoms with Crippen LogP contribution in [0.4, 0.5) is 10.5 Å². The number of aromatic carboxylic acids is 1. The number of rotatable bonds is 5. The molecule has 1 aromatic carbocycles. The molecule has 0 saturated carbocycles. The zero-order chi connectivity index (χ0) is 16.2. The Hall–Kier alpha value is -2.49. The molecule has 0 aromatic heterocycles. The van der Waals surface area contributed by atoms with Crippen molar-refractivity contribution in [2.75, 3.05) is 4.72 Å². The average Bonchev–Trinajstić information content (AvgIpc) is 2.28. The summed E-state index contributed by atoms with van der Waals surface area (Å²) in [5, 5.41) is 18.1. The lowest BCUT2D eigenvalue weighted by Gasteiger charge is -2.13. The second-order valence-corrected chi connectivity index (χ2v) is 5.61. The van der Waals surface area contributed by atoms with Crippen LogP contribution in [0.2, 0.25) is 0 Å². The number of hydrogen-bond acceptors (Lipinski definition) is 6. The molecule has 1 rings (SSSR count). The molecule has 1 aromatic rings. The van der Waals surface area contributed by atoms with Crippen LogP contribution in [0.25, 0.3) is 0 Å². The first-order valence-electron chi connectivity index (χ1n) is 5.68.